The molecule has 0 spiro atoms. The van der Waals surface area contributed by atoms with E-state index < -0.39 is 0 Å². The number of hydrogen-bond donors (Lipinski definition) is 0. The first-order chi connectivity index (χ1) is 6.69. The van der Waals surface area contributed by atoms with Crippen molar-refractivity contribution in [1.82, 2.24) is 4.90 Å². The van der Waals surface area contributed by atoms with Gasteiger partial charge >= 0.3 is 0 Å². The lowest BCUT2D eigenvalue weighted by Gasteiger charge is -2.25. The molecule has 3 nitrogen and oxygen atoms in total. The zero-order chi connectivity index (χ0) is 10.6. The van der Waals surface area contributed by atoms with Gasteiger partial charge in [0.25, 0.3) is 0 Å². The molecule has 0 aromatic heterocycles. The van der Waals surface area contributed by atoms with E-state index in [1.807, 2.05) is 11.8 Å². The van der Waals surface area contributed by atoms with Crippen LogP contribution in [0.25, 0.3) is 0 Å². The molecule has 1 aliphatic rings. The van der Waals surface area contributed by atoms with Crippen LogP contribution >= 0.6 is 27.7 Å². The Kier molecular flexibility index (Phi) is 5.26. The van der Waals surface area contributed by atoms with Gasteiger partial charge in [0.2, 0.25) is 0 Å². The summed E-state index contributed by atoms with van der Waals surface area (Å²) in [5.41, 5.74) is 0. The number of hydrogen-bond acceptors (Lipinski definition) is 4. The minimum absolute atomic E-state index is 0.389. The fourth-order valence-corrected chi connectivity index (χ4v) is 2.83. The van der Waals surface area contributed by atoms with Gasteiger partial charge in [-0.2, -0.15) is 0 Å². The van der Waals surface area contributed by atoms with Gasteiger partial charge in [-0.3, -0.25) is 4.99 Å². The smallest absolute Gasteiger partial charge is 0.159 e. The third-order valence-corrected chi connectivity index (χ3v) is 4.73. The van der Waals surface area contributed by atoms with E-state index >= 15 is 0 Å². The van der Waals surface area contributed by atoms with Crippen LogP contribution in [0.1, 0.15) is 6.92 Å². The summed E-state index contributed by atoms with van der Waals surface area (Å²) in [6.45, 7) is 3.82. The van der Waals surface area contributed by atoms with Crippen LogP contribution in [0.2, 0.25) is 0 Å². The van der Waals surface area contributed by atoms with E-state index in [0.29, 0.717) is 11.3 Å². The molecule has 1 aliphatic heterocycles. The van der Waals surface area contributed by atoms with E-state index in [-0.39, 0.29) is 0 Å². The van der Waals surface area contributed by atoms with Crippen molar-refractivity contribution in [1.29, 1.82) is 0 Å². The van der Waals surface area contributed by atoms with E-state index in [0.717, 1.165) is 23.6 Å². The maximum absolute atomic E-state index is 5.12. The van der Waals surface area contributed by atoms with Gasteiger partial charge in [0.15, 0.2) is 5.17 Å². The van der Waals surface area contributed by atoms with Crippen LogP contribution in [0.15, 0.2) is 4.99 Å². The first-order valence-corrected chi connectivity index (χ1v) is 6.68. The highest BCUT2D eigenvalue weighted by atomic mass is 79.9. The van der Waals surface area contributed by atoms with E-state index in [9.17, 15) is 0 Å². The number of likely N-dealkylation sites (N-methyl/N-ethyl adjacent to an activating group) is 1. The molecule has 0 fully saturated rings. The van der Waals surface area contributed by atoms with Gasteiger partial charge in [-0.05, 0) is 6.92 Å². The average Bonchev–Trinajstić information content (AvgIpc) is 2.65. The number of ether oxygens (including phenoxy) is 1. The highest BCUT2D eigenvalue weighted by Crippen LogP contribution is 2.25. The fourth-order valence-electron chi connectivity index (χ4n) is 1.22. The molecule has 0 amide bonds. The summed E-state index contributed by atoms with van der Waals surface area (Å²) in [4.78, 5) is 6.70. The zero-order valence-electron chi connectivity index (χ0n) is 8.86. The second-order valence-electron chi connectivity index (χ2n) is 3.43. The van der Waals surface area contributed by atoms with Crippen molar-refractivity contribution in [3.8, 4) is 0 Å². The van der Waals surface area contributed by atoms with Crippen LogP contribution < -0.4 is 0 Å². The average molecular weight is 281 g/mol. The molecule has 0 saturated carbocycles. The highest BCUT2D eigenvalue weighted by Gasteiger charge is 2.23. The molecule has 5 heteroatoms. The summed E-state index contributed by atoms with van der Waals surface area (Å²) < 4.78 is 5.12. The van der Waals surface area contributed by atoms with Crippen LogP contribution in [0.3, 0.4) is 0 Å². The van der Waals surface area contributed by atoms with Crippen LogP contribution in [-0.2, 0) is 4.74 Å². The van der Waals surface area contributed by atoms with Crippen molar-refractivity contribution in [2.24, 2.45) is 4.99 Å². The monoisotopic (exact) mass is 280 g/mol. The molecule has 0 aromatic rings. The fraction of sp³-hybridized carbons (Fsp3) is 0.889. The lowest BCUT2D eigenvalue weighted by atomic mass is 10.3. The predicted molar refractivity (Wildman–Crippen MR) is 66.6 cm³/mol. The Morgan fingerprint density at radius 1 is 1.79 bits per heavy atom. The van der Waals surface area contributed by atoms with E-state index in [1.165, 1.54) is 0 Å². The van der Waals surface area contributed by atoms with Crippen LogP contribution in [0.4, 0.5) is 0 Å². The van der Waals surface area contributed by atoms with E-state index in [2.05, 4.69) is 39.8 Å². The predicted octanol–water partition coefficient (Wildman–Crippen LogP) is 1.82. The summed E-state index contributed by atoms with van der Waals surface area (Å²) in [5.74, 6) is 0. The number of alkyl halides is 1. The van der Waals surface area contributed by atoms with Crippen molar-refractivity contribution in [2.75, 3.05) is 32.6 Å². The number of methoxy groups -OCH3 is 1. The number of aliphatic imine (C=N–C) groups is 1. The lowest BCUT2D eigenvalue weighted by Crippen LogP contribution is -2.35. The molecule has 1 heterocycles. The van der Waals surface area contributed by atoms with Gasteiger partial charge < -0.3 is 9.64 Å². The largest absolute Gasteiger partial charge is 0.383 e. The van der Waals surface area contributed by atoms with Gasteiger partial charge in [0, 0.05) is 24.7 Å². The van der Waals surface area contributed by atoms with E-state index in [1.54, 1.807) is 7.11 Å². The Morgan fingerprint density at radius 2 is 2.50 bits per heavy atom. The number of thioether (sulfide) groups is 1. The molecule has 0 aliphatic carbocycles. The van der Waals surface area contributed by atoms with Gasteiger partial charge in [-0.25, -0.2) is 0 Å². The van der Waals surface area contributed by atoms with Crippen LogP contribution in [0, 0.1) is 0 Å². The molecule has 2 atom stereocenters. The van der Waals surface area contributed by atoms with Gasteiger partial charge in [0.1, 0.15) is 0 Å². The topological polar surface area (TPSA) is 24.8 Å². The molecular formula is C9H17BrN2OS. The molecule has 0 radical (unpaired) electrons. The van der Waals surface area contributed by atoms with Crippen LogP contribution in [0.5, 0.6) is 0 Å². The van der Waals surface area contributed by atoms with Crippen molar-refractivity contribution >= 4 is 32.9 Å². The second kappa shape index (κ2) is 5.98. The molecule has 0 saturated heterocycles. The zero-order valence-corrected chi connectivity index (χ0v) is 11.3. The third-order valence-electron chi connectivity index (χ3n) is 2.25. The molecule has 1 rings (SSSR count). The van der Waals surface area contributed by atoms with Crippen molar-refractivity contribution in [2.45, 2.75) is 18.2 Å². The normalized spacial score (nSPS) is 23.4. The molecule has 2 unspecified atom stereocenters. The summed E-state index contributed by atoms with van der Waals surface area (Å²) in [7, 11) is 3.81. The van der Waals surface area contributed by atoms with Crippen molar-refractivity contribution in [3.05, 3.63) is 0 Å². The van der Waals surface area contributed by atoms with Crippen LogP contribution in [-0.4, -0.2) is 54.0 Å². The molecule has 82 valence electrons. The molecule has 0 N–H and O–H groups in total. The maximum Gasteiger partial charge on any atom is 0.159 e. The molecule has 0 bridgehead atoms. The minimum atomic E-state index is 0.389. The number of halogens is 1. The summed E-state index contributed by atoms with van der Waals surface area (Å²) in [6, 6.07) is 0.389. The van der Waals surface area contributed by atoms with Crippen molar-refractivity contribution < 1.29 is 4.74 Å². The standard InChI is InChI=1S/C9H17BrN2OS/c1-7(6-13-3)12(2)9-11-5-8(4-10)14-9/h7-8H,4-6H2,1-3H3. The Balaban J connectivity index is 2.42. The Labute approximate surface area is 98.4 Å². The van der Waals surface area contributed by atoms with Gasteiger partial charge in [-0.15, -0.1) is 0 Å². The summed E-state index contributed by atoms with van der Waals surface area (Å²) >= 11 is 5.33. The first kappa shape index (κ1) is 12.3. The molecule has 0 aromatic carbocycles. The number of nitrogens with zero attached hydrogens (tertiary/aromatic N) is 2. The summed E-state index contributed by atoms with van der Waals surface area (Å²) in [6.07, 6.45) is 0. The van der Waals surface area contributed by atoms with Gasteiger partial charge in [0.05, 0.1) is 19.2 Å². The Bertz CT molecular complexity index is 213. The highest BCUT2D eigenvalue weighted by molar-refractivity contribution is 9.09. The molecule has 14 heavy (non-hydrogen) atoms. The summed E-state index contributed by atoms with van der Waals surface area (Å²) in [5, 5.41) is 2.75. The SMILES string of the molecule is COCC(C)N(C)C1=NCC(CBr)S1. The van der Waals surface area contributed by atoms with E-state index in [4.69, 9.17) is 4.74 Å². The van der Waals surface area contributed by atoms with Crippen molar-refractivity contribution in [3.63, 3.8) is 0 Å². The maximum atomic E-state index is 5.12. The number of rotatable bonds is 4. The second-order valence-corrected chi connectivity index (χ2v) is 5.35. The first-order valence-electron chi connectivity index (χ1n) is 4.67. The lowest BCUT2D eigenvalue weighted by molar-refractivity contribution is 0.147. The Hall–Kier alpha value is 0.260. The van der Waals surface area contributed by atoms with Gasteiger partial charge in [-0.1, -0.05) is 27.7 Å². The third kappa shape index (κ3) is 3.14. The Morgan fingerprint density at radius 3 is 3.00 bits per heavy atom. The molecular weight excluding hydrogens is 264 g/mol. The minimum Gasteiger partial charge on any atom is -0.383 e. The quantitative estimate of drug-likeness (QED) is 0.735. The number of amidine groups is 1.